The lowest BCUT2D eigenvalue weighted by Gasteiger charge is -2.17. The molecule has 16 heavy (non-hydrogen) atoms. The fraction of sp³-hybridized carbons (Fsp3) is 0.636. The Balaban J connectivity index is 2.28. The van der Waals surface area contributed by atoms with Gasteiger partial charge in [-0.3, -0.25) is 9.48 Å². The largest absolute Gasteiger partial charge is 0.382 e. The molecule has 5 nitrogen and oxygen atoms in total. The topological polar surface area (TPSA) is 64.2 Å². The van der Waals surface area contributed by atoms with Crippen molar-refractivity contribution in [3.8, 4) is 0 Å². The van der Waals surface area contributed by atoms with Crippen LogP contribution < -0.4 is 5.73 Å². The molecule has 1 aromatic rings. The molecule has 1 aliphatic heterocycles. The van der Waals surface area contributed by atoms with Crippen molar-refractivity contribution in [3.63, 3.8) is 0 Å². The van der Waals surface area contributed by atoms with Gasteiger partial charge in [-0.2, -0.15) is 5.10 Å². The Bertz CT molecular complexity index is 391. The Morgan fingerprint density at radius 2 is 2.06 bits per heavy atom. The molecule has 0 bridgehead atoms. The number of carbonyl (C=O) groups is 1. The molecular weight excluding hydrogens is 204 g/mol. The fourth-order valence-corrected chi connectivity index (χ4v) is 2.05. The molecule has 0 atom stereocenters. The van der Waals surface area contributed by atoms with Crippen molar-refractivity contribution < 1.29 is 4.79 Å². The van der Waals surface area contributed by atoms with E-state index in [1.165, 1.54) is 0 Å². The molecule has 1 amide bonds. The minimum absolute atomic E-state index is 0.0513. The second-order valence-corrected chi connectivity index (χ2v) is 4.49. The van der Waals surface area contributed by atoms with Gasteiger partial charge in [-0.15, -0.1) is 0 Å². The minimum atomic E-state index is 0.0513. The molecule has 0 unspecified atom stereocenters. The highest BCUT2D eigenvalue weighted by Gasteiger charge is 2.24. The lowest BCUT2D eigenvalue weighted by atomic mass is 10.3. The highest BCUT2D eigenvalue weighted by molar-refractivity contribution is 5.93. The van der Waals surface area contributed by atoms with Gasteiger partial charge in [-0.25, -0.2) is 0 Å². The lowest BCUT2D eigenvalue weighted by molar-refractivity contribution is 0.0778. The van der Waals surface area contributed by atoms with Crippen molar-refractivity contribution in [1.82, 2.24) is 14.7 Å². The summed E-state index contributed by atoms with van der Waals surface area (Å²) in [5, 5.41) is 4.15. The molecule has 5 heteroatoms. The Kier molecular flexibility index (Phi) is 2.85. The first-order valence-electron chi connectivity index (χ1n) is 5.74. The minimum Gasteiger partial charge on any atom is -0.382 e. The first-order chi connectivity index (χ1) is 7.59. The number of nitrogen functional groups attached to an aromatic ring is 1. The van der Waals surface area contributed by atoms with Crippen LogP contribution in [0.5, 0.6) is 0 Å². The van der Waals surface area contributed by atoms with E-state index in [0.29, 0.717) is 11.5 Å². The van der Waals surface area contributed by atoms with Crippen LogP contribution in [0.15, 0.2) is 6.07 Å². The molecule has 1 aliphatic rings. The van der Waals surface area contributed by atoms with Crippen LogP contribution in [0.2, 0.25) is 0 Å². The van der Waals surface area contributed by atoms with Crippen LogP contribution >= 0.6 is 0 Å². The van der Waals surface area contributed by atoms with E-state index in [-0.39, 0.29) is 11.9 Å². The van der Waals surface area contributed by atoms with Gasteiger partial charge in [0.15, 0.2) is 0 Å². The maximum Gasteiger partial charge on any atom is 0.272 e. The van der Waals surface area contributed by atoms with Gasteiger partial charge in [0, 0.05) is 25.2 Å². The third kappa shape index (κ3) is 1.89. The summed E-state index contributed by atoms with van der Waals surface area (Å²) >= 11 is 0. The number of rotatable bonds is 2. The first-order valence-corrected chi connectivity index (χ1v) is 5.74. The normalized spacial score (nSPS) is 16.1. The number of likely N-dealkylation sites (tertiary alicyclic amines) is 1. The van der Waals surface area contributed by atoms with Crippen LogP contribution in [0.3, 0.4) is 0 Å². The smallest absolute Gasteiger partial charge is 0.272 e. The van der Waals surface area contributed by atoms with E-state index in [9.17, 15) is 4.79 Å². The summed E-state index contributed by atoms with van der Waals surface area (Å²) in [5.41, 5.74) is 6.26. The molecule has 2 N–H and O–H groups in total. The molecule has 0 aliphatic carbocycles. The summed E-state index contributed by atoms with van der Waals surface area (Å²) in [5.74, 6) is 0.464. The number of aromatic nitrogens is 2. The SMILES string of the molecule is CC(C)n1nc(N)cc1C(=O)N1CCCC1. The van der Waals surface area contributed by atoms with Crippen molar-refractivity contribution in [2.45, 2.75) is 32.7 Å². The standard InChI is InChI=1S/C11H18N4O/c1-8(2)15-9(7-10(12)13-15)11(16)14-5-3-4-6-14/h7-8H,3-6H2,1-2H3,(H2,12,13). The number of anilines is 1. The second kappa shape index (κ2) is 4.15. The van der Waals surface area contributed by atoms with Crippen LogP contribution in [-0.2, 0) is 0 Å². The molecule has 1 saturated heterocycles. The Morgan fingerprint density at radius 3 is 2.62 bits per heavy atom. The van der Waals surface area contributed by atoms with Gasteiger partial charge in [0.2, 0.25) is 0 Å². The number of nitrogens with zero attached hydrogens (tertiary/aromatic N) is 3. The van der Waals surface area contributed by atoms with Crippen LogP contribution in [0.4, 0.5) is 5.82 Å². The zero-order chi connectivity index (χ0) is 11.7. The molecule has 88 valence electrons. The van der Waals surface area contributed by atoms with E-state index < -0.39 is 0 Å². The molecule has 0 aromatic carbocycles. The lowest BCUT2D eigenvalue weighted by Crippen LogP contribution is -2.30. The fourth-order valence-electron chi connectivity index (χ4n) is 2.05. The summed E-state index contributed by atoms with van der Waals surface area (Å²) in [7, 11) is 0. The average molecular weight is 222 g/mol. The number of hydrogen-bond donors (Lipinski definition) is 1. The summed E-state index contributed by atoms with van der Waals surface area (Å²) in [6, 6.07) is 1.82. The Labute approximate surface area is 95.2 Å². The van der Waals surface area contributed by atoms with Crippen LogP contribution in [-0.4, -0.2) is 33.7 Å². The summed E-state index contributed by atoms with van der Waals surface area (Å²) in [6.45, 7) is 5.68. The molecule has 2 rings (SSSR count). The summed E-state index contributed by atoms with van der Waals surface area (Å²) in [4.78, 5) is 14.1. The summed E-state index contributed by atoms with van der Waals surface area (Å²) in [6.07, 6.45) is 2.19. The van der Waals surface area contributed by atoms with Gasteiger partial charge >= 0.3 is 0 Å². The van der Waals surface area contributed by atoms with E-state index in [0.717, 1.165) is 25.9 Å². The van der Waals surface area contributed by atoms with Crippen molar-refractivity contribution in [3.05, 3.63) is 11.8 Å². The number of hydrogen-bond acceptors (Lipinski definition) is 3. The van der Waals surface area contributed by atoms with Gasteiger partial charge < -0.3 is 10.6 Å². The highest BCUT2D eigenvalue weighted by atomic mass is 16.2. The monoisotopic (exact) mass is 222 g/mol. The predicted molar refractivity (Wildman–Crippen MR) is 62.2 cm³/mol. The van der Waals surface area contributed by atoms with Crippen molar-refractivity contribution in [2.24, 2.45) is 0 Å². The van der Waals surface area contributed by atoms with Crippen molar-refractivity contribution in [1.29, 1.82) is 0 Å². The molecule has 1 fully saturated rings. The second-order valence-electron chi connectivity index (χ2n) is 4.49. The summed E-state index contributed by atoms with van der Waals surface area (Å²) < 4.78 is 1.70. The molecular formula is C11H18N4O. The van der Waals surface area contributed by atoms with Crippen molar-refractivity contribution in [2.75, 3.05) is 18.8 Å². The maximum atomic E-state index is 12.2. The number of carbonyl (C=O) groups excluding carboxylic acids is 1. The quantitative estimate of drug-likeness (QED) is 0.819. The van der Waals surface area contributed by atoms with Crippen LogP contribution in [0.25, 0.3) is 0 Å². The molecule has 0 saturated carbocycles. The van der Waals surface area contributed by atoms with Gasteiger partial charge in [0.05, 0.1) is 0 Å². The molecule has 1 aromatic heterocycles. The van der Waals surface area contributed by atoms with Gasteiger partial charge in [-0.1, -0.05) is 0 Å². The zero-order valence-corrected chi connectivity index (χ0v) is 9.81. The molecule has 0 radical (unpaired) electrons. The number of nitrogens with two attached hydrogens (primary N) is 1. The maximum absolute atomic E-state index is 12.2. The molecule has 0 spiro atoms. The Morgan fingerprint density at radius 1 is 1.44 bits per heavy atom. The van der Waals surface area contributed by atoms with E-state index in [1.807, 2.05) is 18.7 Å². The third-order valence-electron chi connectivity index (χ3n) is 2.86. The zero-order valence-electron chi connectivity index (χ0n) is 9.81. The van der Waals surface area contributed by atoms with E-state index in [2.05, 4.69) is 5.10 Å². The number of amides is 1. The predicted octanol–water partition coefficient (Wildman–Crippen LogP) is 1.28. The van der Waals surface area contributed by atoms with Gasteiger partial charge in [0.1, 0.15) is 11.5 Å². The van der Waals surface area contributed by atoms with E-state index >= 15 is 0 Å². The van der Waals surface area contributed by atoms with Gasteiger partial charge in [-0.05, 0) is 26.7 Å². The highest BCUT2D eigenvalue weighted by Crippen LogP contribution is 2.17. The van der Waals surface area contributed by atoms with Crippen LogP contribution in [0.1, 0.15) is 43.2 Å². The molecule has 2 heterocycles. The average Bonchev–Trinajstić information content (AvgIpc) is 2.84. The Hall–Kier alpha value is -1.52. The van der Waals surface area contributed by atoms with Gasteiger partial charge in [0.25, 0.3) is 5.91 Å². The third-order valence-corrected chi connectivity index (χ3v) is 2.86. The van der Waals surface area contributed by atoms with E-state index in [1.54, 1.807) is 10.7 Å². The van der Waals surface area contributed by atoms with E-state index in [4.69, 9.17) is 5.73 Å². The first kappa shape index (κ1) is 11.0. The van der Waals surface area contributed by atoms with Crippen LogP contribution in [0, 0.1) is 0 Å². The van der Waals surface area contributed by atoms with Crippen molar-refractivity contribution >= 4 is 11.7 Å².